The van der Waals surface area contributed by atoms with Crippen LogP contribution in [0, 0.1) is 11.8 Å². The van der Waals surface area contributed by atoms with Gasteiger partial charge in [0.1, 0.15) is 5.75 Å². The summed E-state index contributed by atoms with van der Waals surface area (Å²) in [6.45, 7) is 3.30. The fourth-order valence-corrected chi connectivity index (χ4v) is 6.33. The molecule has 4 aliphatic rings. The van der Waals surface area contributed by atoms with Crippen LogP contribution in [-0.4, -0.2) is 47.8 Å². The number of aromatic nitrogens is 2. The fourth-order valence-electron chi connectivity index (χ4n) is 6.33. The lowest BCUT2D eigenvalue weighted by Gasteiger charge is -2.55. The van der Waals surface area contributed by atoms with Crippen molar-refractivity contribution in [2.75, 3.05) is 31.6 Å². The van der Waals surface area contributed by atoms with Crippen LogP contribution in [0.2, 0.25) is 0 Å². The highest BCUT2D eigenvalue weighted by Crippen LogP contribution is 2.45. The molecule has 30 heavy (non-hydrogen) atoms. The van der Waals surface area contributed by atoms with Gasteiger partial charge in [0.15, 0.2) is 0 Å². The lowest BCUT2D eigenvalue weighted by atomic mass is 9.74. The molecule has 6 heteroatoms. The number of hydrogen-bond acceptors (Lipinski definition) is 6. The molecule has 6 nitrogen and oxygen atoms in total. The van der Waals surface area contributed by atoms with Crippen molar-refractivity contribution in [1.29, 1.82) is 0 Å². The van der Waals surface area contributed by atoms with Crippen molar-refractivity contribution in [3.8, 4) is 5.75 Å². The summed E-state index contributed by atoms with van der Waals surface area (Å²) in [5.74, 6) is 4.54. The molecule has 3 aliphatic heterocycles. The average Bonchev–Trinajstić information content (AvgIpc) is 3.21. The Morgan fingerprint density at radius 2 is 1.83 bits per heavy atom. The Labute approximate surface area is 178 Å². The van der Waals surface area contributed by atoms with Gasteiger partial charge in [0.05, 0.1) is 7.11 Å². The highest BCUT2D eigenvalue weighted by atomic mass is 16.5. The Morgan fingerprint density at radius 3 is 2.60 bits per heavy atom. The maximum atomic E-state index is 5.62. The third-order valence-corrected chi connectivity index (χ3v) is 8.06. The second-order valence-corrected chi connectivity index (χ2v) is 9.81. The zero-order valence-electron chi connectivity index (χ0n) is 17.9. The topological polar surface area (TPSA) is 54.6 Å². The minimum atomic E-state index is 0.509. The van der Waals surface area contributed by atoms with Gasteiger partial charge in [0.2, 0.25) is 5.89 Å². The Morgan fingerprint density at radius 1 is 1.00 bits per heavy atom. The standard InChI is InChI=1S/C24H32N4O2/c1-29-20-10-8-17(9-11-20)21-6-3-7-22-19-12-16(14-28(21)22)13-27(15-19)24-25-23(30-26-24)18-4-2-5-18/h8-11,16,18-19,21-22H,2-7,12-15H2,1H3/t16-,19+,21+,22-/m0/s1. The molecule has 1 aromatic carbocycles. The summed E-state index contributed by atoms with van der Waals surface area (Å²) < 4.78 is 11.0. The zero-order chi connectivity index (χ0) is 20.1. The summed E-state index contributed by atoms with van der Waals surface area (Å²) in [6.07, 6.45) is 8.95. The molecular weight excluding hydrogens is 376 g/mol. The van der Waals surface area contributed by atoms with Gasteiger partial charge in [-0.15, -0.1) is 0 Å². The first-order valence-corrected chi connectivity index (χ1v) is 11.8. The van der Waals surface area contributed by atoms with E-state index in [1.165, 1.54) is 57.1 Å². The maximum absolute atomic E-state index is 5.62. The second-order valence-electron chi connectivity index (χ2n) is 9.81. The van der Waals surface area contributed by atoms with Gasteiger partial charge in [-0.25, -0.2) is 0 Å². The Balaban J connectivity index is 1.20. The number of fused-ring (bicyclic) bond motifs is 4. The van der Waals surface area contributed by atoms with E-state index in [0.29, 0.717) is 29.8 Å². The predicted octanol–water partition coefficient (Wildman–Crippen LogP) is 4.40. The number of ether oxygens (including phenoxy) is 1. The van der Waals surface area contributed by atoms with E-state index in [4.69, 9.17) is 14.2 Å². The van der Waals surface area contributed by atoms with Crippen LogP contribution in [-0.2, 0) is 0 Å². The van der Waals surface area contributed by atoms with Gasteiger partial charge in [0, 0.05) is 37.6 Å². The van der Waals surface area contributed by atoms with Gasteiger partial charge in [0.25, 0.3) is 5.95 Å². The molecule has 4 atom stereocenters. The van der Waals surface area contributed by atoms with Crippen molar-refractivity contribution >= 4 is 5.95 Å². The van der Waals surface area contributed by atoms with Crippen LogP contribution >= 0.6 is 0 Å². The van der Waals surface area contributed by atoms with Gasteiger partial charge in [-0.05, 0) is 73.2 Å². The number of rotatable bonds is 4. The average molecular weight is 409 g/mol. The Hall–Kier alpha value is -2.08. The minimum absolute atomic E-state index is 0.509. The Bertz CT molecular complexity index is 878. The molecule has 0 unspecified atom stereocenters. The van der Waals surface area contributed by atoms with Crippen molar-refractivity contribution in [1.82, 2.24) is 15.0 Å². The first kappa shape index (κ1) is 18.7. The molecule has 1 aromatic heterocycles. The van der Waals surface area contributed by atoms with Gasteiger partial charge in [-0.2, -0.15) is 4.98 Å². The summed E-state index contributed by atoms with van der Waals surface area (Å²) in [5, 5.41) is 4.37. The van der Waals surface area contributed by atoms with Gasteiger partial charge in [-0.1, -0.05) is 18.6 Å². The molecular formula is C24H32N4O2. The van der Waals surface area contributed by atoms with E-state index in [0.717, 1.165) is 30.7 Å². The van der Waals surface area contributed by atoms with Crippen LogP contribution in [0.5, 0.6) is 5.75 Å². The number of benzene rings is 1. The lowest BCUT2D eigenvalue weighted by Crippen LogP contribution is -2.59. The van der Waals surface area contributed by atoms with Crippen LogP contribution in [0.25, 0.3) is 0 Å². The molecule has 4 heterocycles. The largest absolute Gasteiger partial charge is 0.497 e. The summed E-state index contributed by atoms with van der Waals surface area (Å²) in [6, 6.07) is 9.97. The number of anilines is 1. The fraction of sp³-hybridized carbons (Fsp3) is 0.667. The molecule has 0 radical (unpaired) electrons. The van der Waals surface area contributed by atoms with Gasteiger partial charge in [-0.3, -0.25) is 4.90 Å². The number of methoxy groups -OCH3 is 1. The van der Waals surface area contributed by atoms with E-state index >= 15 is 0 Å². The smallest absolute Gasteiger partial charge is 0.266 e. The molecule has 6 rings (SSSR count). The Kier molecular flexibility index (Phi) is 4.70. The van der Waals surface area contributed by atoms with Crippen molar-refractivity contribution in [3.63, 3.8) is 0 Å². The molecule has 4 fully saturated rings. The molecule has 3 saturated heterocycles. The van der Waals surface area contributed by atoms with E-state index < -0.39 is 0 Å². The first-order chi connectivity index (χ1) is 14.8. The quantitative estimate of drug-likeness (QED) is 0.748. The van der Waals surface area contributed by atoms with E-state index in [-0.39, 0.29) is 0 Å². The highest BCUT2D eigenvalue weighted by molar-refractivity contribution is 5.32. The first-order valence-electron chi connectivity index (χ1n) is 11.8. The third kappa shape index (κ3) is 3.20. The van der Waals surface area contributed by atoms with E-state index in [1.807, 2.05) is 0 Å². The zero-order valence-corrected chi connectivity index (χ0v) is 17.9. The van der Waals surface area contributed by atoms with Crippen molar-refractivity contribution in [2.45, 2.75) is 62.9 Å². The molecule has 2 bridgehead atoms. The number of nitrogens with zero attached hydrogens (tertiary/aromatic N) is 4. The summed E-state index contributed by atoms with van der Waals surface area (Å²) in [5.41, 5.74) is 1.45. The number of piperidine rings is 3. The van der Waals surface area contributed by atoms with Crippen molar-refractivity contribution in [3.05, 3.63) is 35.7 Å². The van der Waals surface area contributed by atoms with Crippen molar-refractivity contribution < 1.29 is 9.26 Å². The van der Waals surface area contributed by atoms with Crippen LogP contribution in [0.4, 0.5) is 5.95 Å². The molecule has 0 spiro atoms. The summed E-state index contributed by atoms with van der Waals surface area (Å²) in [4.78, 5) is 10.0. The summed E-state index contributed by atoms with van der Waals surface area (Å²) in [7, 11) is 1.74. The molecule has 1 saturated carbocycles. The highest BCUT2D eigenvalue weighted by Gasteiger charge is 2.45. The van der Waals surface area contributed by atoms with Crippen LogP contribution in [0.15, 0.2) is 28.8 Å². The van der Waals surface area contributed by atoms with Crippen LogP contribution < -0.4 is 9.64 Å². The van der Waals surface area contributed by atoms with Crippen LogP contribution in [0.1, 0.15) is 68.4 Å². The SMILES string of the molecule is COc1ccc([C@H]2CCC[C@H]3[C@@H]4C[C@@H](CN(c5noc(C6CCC6)n5)C4)CN23)cc1. The monoisotopic (exact) mass is 408 g/mol. The predicted molar refractivity (Wildman–Crippen MR) is 115 cm³/mol. The summed E-state index contributed by atoms with van der Waals surface area (Å²) >= 11 is 0. The lowest BCUT2D eigenvalue weighted by molar-refractivity contribution is -0.0202. The number of hydrogen-bond donors (Lipinski definition) is 0. The van der Waals surface area contributed by atoms with Crippen molar-refractivity contribution in [2.24, 2.45) is 11.8 Å². The molecule has 0 amide bonds. The third-order valence-electron chi connectivity index (χ3n) is 8.06. The molecule has 160 valence electrons. The normalized spacial score (nSPS) is 31.8. The van der Waals surface area contributed by atoms with Gasteiger partial charge >= 0.3 is 0 Å². The van der Waals surface area contributed by atoms with Gasteiger partial charge < -0.3 is 14.2 Å². The van der Waals surface area contributed by atoms with E-state index in [9.17, 15) is 0 Å². The molecule has 1 aliphatic carbocycles. The van der Waals surface area contributed by atoms with E-state index in [2.05, 4.69) is 39.2 Å². The minimum Gasteiger partial charge on any atom is -0.497 e. The molecule has 0 N–H and O–H groups in total. The second kappa shape index (κ2) is 7.56. The van der Waals surface area contributed by atoms with Crippen LogP contribution in [0.3, 0.4) is 0 Å². The molecule has 2 aromatic rings. The maximum Gasteiger partial charge on any atom is 0.266 e. The van der Waals surface area contributed by atoms with E-state index in [1.54, 1.807) is 7.11 Å².